The molecule has 4 aromatic rings. The van der Waals surface area contributed by atoms with Gasteiger partial charge in [0.15, 0.2) is 0 Å². The summed E-state index contributed by atoms with van der Waals surface area (Å²) in [7, 11) is -0.804. The number of carbonyl (C=O) groups is 2. The first kappa shape index (κ1) is 53.8. The molecule has 7 nitrogen and oxygen atoms in total. The number of likely N-dealkylation sites (N-methyl/N-ethyl adjacent to an activating group) is 2. The molecule has 5 rings (SSSR count). The minimum Gasteiger partial charge on any atom is -0.407 e. The maximum Gasteiger partial charge on any atom is 0.261 e. The number of hydrogen-bond acceptors (Lipinski definition) is 7. The van der Waals surface area contributed by atoms with Gasteiger partial charge in [0, 0.05) is 39.3 Å². The van der Waals surface area contributed by atoms with Crippen LogP contribution in [0.4, 0.5) is 0 Å². The highest BCUT2D eigenvalue weighted by molar-refractivity contribution is 7.00. The zero-order chi connectivity index (χ0) is 46.2. The molecule has 1 fully saturated rings. The third kappa shape index (κ3) is 16.8. The number of rotatable bonds is 22. The summed E-state index contributed by atoms with van der Waals surface area (Å²) in [6, 6.07) is 43.1. The summed E-state index contributed by atoms with van der Waals surface area (Å²) in [6.45, 7) is 24.1. The van der Waals surface area contributed by atoms with E-state index in [1.807, 2.05) is 27.9 Å². The largest absolute Gasteiger partial charge is 0.407 e. The zero-order valence-electron chi connectivity index (χ0n) is 40.8. The van der Waals surface area contributed by atoms with E-state index in [-0.39, 0.29) is 10.1 Å². The van der Waals surface area contributed by atoms with Crippen molar-refractivity contribution < 1.29 is 23.2 Å². The van der Waals surface area contributed by atoms with Crippen molar-refractivity contribution in [1.29, 1.82) is 0 Å². The van der Waals surface area contributed by atoms with Crippen LogP contribution in [0.5, 0.6) is 0 Å². The van der Waals surface area contributed by atoms with Gasteiger partial charge in [-0.3, -0.25) is 19.4 Å². The minimum absolute atomic E-state index is 0.0139. The Labute approximate surface area is 385 Å². The maximum absolute atomic E-state index is 11.6. The molecule has 0 N–H and O–H groups in total. The van der Waals surface area contributed by atoms with E-state index >= 15 is 0 Å². The van der Waals surface area contributed by atoms with Crippen molar-refractivity contribution in [1.82, 2.24) is 9.80 Å². The molecule has 0 radical (unpaired) electrons. The molecule has 1 heterocycles. The van der Waals surface area contributed by atoms with E-state index in [1.165, 1.54) is 33.6 Å². The second-order valence-electron chi connectivity index (χ2n) is 19.0. The van der Waals surface area contributed by atoms with Gasteiger partial charge in [0.25, 0.3) is 16.6 Å². The quantitative estimate of drug-likeness (QED) is 0.0576. The molecule has 346 valence electrons. The topological polar surface area (TPSA) is 68.3 Å². The molecule has 0 bridgehead atoms. The number of unbranched alkanes of at least 4 members (excludes halogenated alkanes) is 2. The van der Waals surface area contributed by atoms with Crippen LogP contribution in [0.2, 0.25) is 10.1 Å². The third-order valence-electron chi connectivity index (χ3n) is 11.8. The molecule has 0 aliphatic carbocycles. The summed E-state index contributed by atoms with van der Waals surface area (Å²) in [4.78, 5) is 27.5. The lowest BCUT2D eigenvalue weighted by molar-refractivity contribution is -0.120. The Morgan fingerprint density at radius 3 is 1.02 bits per heavy atom. The fourth-order valence-electron chi connectivity index (χ4n) is 8.44. The average Bonchev–Trinajstić information content (AvgIpc) is 3.88. The van der Waals surface area contributed by atoms with Crippen molar-refractivity contribution in [3.63, 3.8) is 0 Å². The van der Waals surface area contributed by atoms with Gasteiger partial charge in [-0.25, -0.2) is 0 Å². The van der Waals surface area contributed by atoms with E-state index in [1.54, 1.807) is 0 Å². The number of ether oxygens (including phenoxy) is 1. The van der Waals surface area contributed by atoms with Crippen LogP contribution in [-0.4, -0.2) is 105 Å². The smallest absolute Gasteiger partial charge is 0.261 e. The molecular weight excluding hydrogens is 813 g/mol. The second kappa shape index (κ2) is 27.7. The average molecular weight is 895 g/mol. The number of Topliss-reactive ketones (excluding diaryl/α,β-unsaturated/α-hetero) is 2. The monoisotopic (exact) mass is 895 g/mol. The summed E-state index contributed by atoms with van der Waals surface area (Å²) in [5, 5.41) is 5.32. The Morgan fingerprint density at radius 2 is 0.794 bits per heavy atom. The van der Waals surface area contributed by atoms with E-state index in [9.17, 15) is 9.59 Å². The predicted octanol–water partition coefficient (Wildman–Crippen LogP) is 9.31. The molecule has 4 aromatic carbocycles. The van der Waals surface area contributed by atoms with Crippen molar-refractivity contribution in [2.45, 2.75) is 117 Å². The van der Waals surface area contributed by atoms with Crippen molar-refractivity contribution in [3.05, 3.63) is 121 Å². The molecule has 1 aliphatic heterocycles. The molecule has 1 aliphatic rings. The van der Waals surface area contributed by atoms with E-state index < -0.39 is 16.6 Å². The van der Waals surface area contributed by atoms with Crippen LogP contribution in [0.1, 0.15) is 107 Å². The van der Waals surface area contributed by atoms with Crippen molar-refractivity contribution in [2.24, 2.45) is 0 Å². The lowest BCUT2D eigenvalue weighted by Gasteiger charge is -2.43. The van der Waals surface area contributed by atoms with Gasteiger partial charge in [0.2, 0.25) is 0 Å². The molecule has 63 heavy (non-hydrogen) atoms. The first-order valence-corrected chi connectivity index (χ1v) is 27.4. The molecule has 0 spiro atoms. The summed E-state index contributed by atoms with van der Waals surface area (Å²) in [5.74, 6) is 0.604. The van der Waals surface area contributed by atoms with Gasteiger partial charge in [-0.15, -0.1) is 0 Å². The van der Waals surface area contributed by atoms with Crippen molar-refractivity contribution in [3.8, 4) is 0 Å². The van der Waals surface area contributed by atoms with Gasteiger partial charge in [0.05, 0.1) is 13.1 Å². The van der Waals surface area contributed by atoms with Crippen molar-refractivity contribution >= 4 is 48.9 Å². The summed E-state index contributed by atoms with van der Waals surface area (Å²) < 4.78 is 18.8. The Bertz CT molecular complexity index is 1610. The maximum atomic E-state index is 11.6. The Hall–Kier alpha value is -3.55. The van der Waals surface area contributed by atoms with E-state index in [4.69, 9.17) is 13.6 Å². The van der Waals surface area contributed by atoms with Gasteiger partial charge >= 0.3 is 0 Å². The predicted molar refractivity (Wildman–Crippen MR) is 271 cm³/mol. The Balaban J connectivity index is 0.000000301. The van der Waals surface area contributed by atoms with Gasteiger partial charge in [-0.05, 0) is 96.5 Å². The number of benzene rings is 4. The van der Waals surface area contributed by atoms with Crippen LogP contribution >= 0.6 is 0 Å². The van der Waals surface area contributed by atoms with Gasteiger partial charge < -0.3 is 13.6 Å². The number of carbonyl (C=O) groups excluding carboxylic acids is 2. The summed E-state index contributed by atoms with van der Waals surface area (Å²) >= 11 is 0. The molecule has 0 saturated carbocycles. The summed E-state index contributed by atoms with van der Waals surface area (Å²) in [5.41, 5.74) is 0. The van der Waals surface area contributed by atoms with Gasteiger partial charge in [0.1, 0.15) is 11.6 Å². The zero-order valence-corrected chi connectivity index (χ0v) is 42.8. The highest BCUT2D eigenvalue weighted by atomic mass is 28.4. The van der Waals surface area contributed by atoms with E-state index in [0.29, 0.717) is 37.5 Å². The van der Waals surface area contributed by atoms with Crippen molar-refractivity contribution in [2.75, 3.05) is 66.7 Å². The van der Waals surface area contributed by atoms with E-state index in [0.717, 1.165) is 65.2 Å². The fraction of sp³-hybridized carbons (Fsp3) is 0.519. The minimum atomic E-state index is -2.43. The first-order valence-electron chi connectivity index (χ1n) is 23.6. The molecular formula is C54H82N2O5Si2. The Morgan fingerprint density at radius 1 is 0.508 bits per heavy atom. The van der Waals surface area contributed by atoms with Crippen LogP contribution in [-0.2, 0) is 23.2 Å². The molecule has 0 aromatic heterocycles. The third-order valence-corrected chi connectivity index (χ3v) is 21.9. The fourth-order valence-corrected chi connectivity index (χ4v) is 17.6. The Kier molecular flexibility index (Phi) is 23.7. The van der Waals surface area contributed by atoms with Crippen LogP contribution < -0.4 is 20.7 Å². The lowest BCUT2D eigenvalue weighted by atomic mass is 10.2. The molecule has 0 atom stereocenters. The van der Waals surface area contributed by atoms with Crippen LogP contribution in [0, 0.1) is 0 Å². The highest BCUT2D eigenvalue weighted by Gasteiger charge is 2.51. The lowest BCUT2D eigenvalue weighted by Crippen LogP contribution is -2.66. The van der Waals surface area contributed by atoms with Crippen LogP contribution in [0.25, 0.3) is 0 Å². The first-order chi connectivity index (χ1) is 30.1. The molecule has 9 heteroatoms. The summed E-state index contributed by atoms with van der Waals surface area (Å²) in [6.07, 6.45) is 7.84. The number of hydrogen-bond donors (Lipinski definition) is 0. The van der Waals surface area contributed by atoms with Gasteiger partial charge in [-0.1, -0.05) is 177 Å². The highest BCUT2D eigenvalue weighted by Crippen LogP contribution is 2.38. The molecule has 1 saturated heterocycles. The van der Waals surface area contributed by atoms with Crippen LogP contribution in [0.15, 0.2) is 121 Å². The SMILES string of the molecule is C1CCOC1.CCC(=O)CN(C)CCCCO[Si](c1ccccc1)(c1ccccc1)C(C)(C)C.CCC(=O)CN(C)CCCCO[Si](c1ccccc1)(c1ccccc1)C(C)(C)C. The number of nitrogens with zero attached hydrogens (tertiary/aromatic N) is 2. The number of ketones is 2. The van der Waals surface area contributed by atoms with E-state index in [2.05, 4.69) is 173 Å². The second-order valence-corrected chi connectivity index (χ2v) is 27.6. The molecule has 0 unspecified atom stereocenters. The molecule has 0 amide bonds. The van der Waals surface area contributed by atoms with Gasteiger partial charge in [-0.2, -0.15) is 0 Å². The normalized spacial score (nSPS) is 13.3. The van der Waals surface area contributed by atoms with Crippen LogP contribution in [0.3, 0.4) is 0 Å². The standard InChI is InChI=1S/2C25H37NO2Si.C4H8O/c2*1-6-22(27)21-26(5)19-13-14-20-28-29(25(2,3)4,23-15-9-7-10-16-23)24-17-11-8-12-18-24;1-2-4-5-3-1/h2*7-12,15-18H,6,13-14,19-21H2,1-5H3;1-4H2.